The van der Waals surface area contributed by atoms with E-state index < -0.39 is 0 Å². The fourth-order valence-corrected chi connectivity index (χ4v) is 3.83. The van der Waals surface area contributed by atoms with E-state index in [1.54, 1.807) is 0 Å². The zero-order valence-corrected chi connectivity index (χ0v) is 17.4. The van der Waals surface area contributed by atoms with Crippen LogP contribution in [0, 0.1) is 5.92 Å². The summed E-state index contributed by atoms with van der Waals surface area (Å²) in [5.41, 5.74) is 0. The van der Waals surface area contributed by atoms with Crippen molar-refractivity contribution in [3.05, 3.63) is 30.3 Å². The average Bonchev–Trinajstić information content (AvgIpc) is 3.25. The number of amides is 1. The van der Waals surface area contributed by atoms with E-state index in [9.17, 15) is 4.79 Å². The minimum absolute atomic E-state index is 0. The average molecular weight is 412 g/mol. The summed E-state index contributed by atoms with van der Waals surface area (Å²) in [7, 11) is 0. The number of hydrogen-bond donors (Lipinski definition) is 2. The second-order valence-corrected chi connectivity index (χ2v) is 7.48. The van der Waals surface area contributed by atoms with Crippen LogP contribution in [0.5, 0.6) is 5.75 Å². The van der Waals surface area contributed by atoms with Gasteiger partial charge in [0.1, 0.15) is 12.4 Å². The smallest absolute Gasteiger partial charge is 0.237 e. The lowest BCUT2D eigenvalue weighted by molar-refractivity contribution is -0.123. The van der Waals surface area contributed by atoms with Gasteiger partial charge in [0.15, 0.2) is 0 Å². The molecular weight excluding hydrogens is 378 g/mol. The quantitative estimate of drug-likeness (QED) is 0.577. The number of ether oxygens (including phenoxy) is 2. The van der Waals surface area contributed by atoms with Crippen LogP contribution in [-0.2, 0) is 9.53 Å². The van der Waals surface area contributed by atoms with E-state index in [4.69, 9.17) is 9.47 Å². The van der Waals surface area contributed by atoms with Gasteiger partial charge in [-0.3, -0.25) is 4.79 Å². The second-order valence-electron chi connectivity index (χ2n) is 7.48. The summed E-state index contributed by atoms with van der Waals surface area (Å²) in [5.74, 6) is 1.60. The van der Waals surface area contributed by atoms with Gasteiger partial charge < -0.3 is 25.0 Å². The lowest BCUT2D eigenvalue weighted by atomic mass is 9.98. The van der Waals surface area contributed by atoms with Gasteiger partial charge in [-0.05, 0) is 56.8 Å². The minimum atomic E-state index is 0. The third kappa shape index (κ3) is 7.95. The minimum Gasteiger partial charge on any atom is -0.491 e. The predicted molar refractivity (Wildman–Crippen MR) is 113 cm³/mol. The molecule has 1 amide bonds. The van der Waals surface area contributed by atoms with Crippen LogP contribution < -0.4 is 15.4 Å². The van der Waals surface area contributed by atoms with Gasteiger partial charge >= 0.3 is 0 Å². The number of nitrogens with one attached hydrogen (secondary N) is 2. The summed E-state index contributed by atoms with van der Waals surface area (Å²) < 4.78 is 11.3. The molecule has 3 rings (SSSR count). The van der Waals surface area contributed by atoms with Crippen molar-refractivity contribution in [2.75, 3.05) is 52.5 Å². The maximum absolute atomic E-state index is 12.1. The van der Waals surface area contributed by atoms with Crippen molar-refractivity contribution in [1.29, 1.82) is 0 Å². The largest absolute Gasteiger partial charge is 0.491 e. The summed E-state index contributed by atoms with van der Waals surface area (Å²) in [6, 6.07) is 9.85. The molecule has 28 heavy (non-hydrogen) atoms. The van der Waals surface area contributed by atoms with E-state index in [1.807, 2.05) is 30.3 Å². The first-order chi connectivity index (χ1) is 13.3. The molecule has 2 fully saturated rings. The molecule has 2 aliphatic heterocycles. The van der Waals surface area contributed by atoms with Gasteiger partial charge in [0, 0.05) is 19.6 Å². The molecule has 2 saturated heterocycles. The molecular formula is C21H34ClN3O3. The van der Waals surface area contributed by atoms with E-state index in [0.717, 1.165) is 57.9 Å². The van der Waals surface area contributed by atoms with Gasteiger partial charge in [0.25, 0.3) is 0 Å². The molecule has 7 heteroatoms. The number of para-hydroxylation sites is 1. The number of benzene rings is 1. The van der Waals surface area contributed by atoms with Crippen LogP contribution in [-0.4, -0.2) is 69.4 Å². The number of carbonyl (C=O) groups excluding carboxylic acids is 1. The second kappa shape index (κ2) is 13.0. The Balaban J connectivity index is 0.00000280. The normalized spacial score (nSPS) is 22.4. The fraction of sp³-hybridized carbons (Fsp3) is 0.667. The predicted octanol–water partition coefficient (Wildman–Crippen LogP) is 2.08. The maximum Gasteiger partial charge on any atom is 0.237 e. The molecule has 6 nitrogen and oxygen atoms in total. The standard InChI is InChI=1S/C21H33N3O3.ClH/c25-21(20-9-4-10-22-20)23-16-18-6-5-11-24(17-18)12-13-26-14-15-27-19-7-2-1-3-8-19;/h1-3,7-8,18,20,22H,4-6,9-17H2,(H,23,25);1H. The van der Waals surface area contributed by atoms with Crippen molar-refractivity contribution in [2.24, 2.45) is 5.92 Å². The highest BCUT2D eigenvalue weighted by Gasteiger charge is 2.24. The number of piperidine rings is 1. The molecule has 0 aliphatic carbocycles. The first-order valence-electron chi connectivity index (χ1n) is 10.3. The Morgan fingerprint density at radius 1 is 1.14 bits per heavy atom. The Morgan fingerprint density at radius 3 is 2.79 bits per heavy atom. The van der Waals surface area contributed by atoms with Crippen LogP contribution in [0.4, 0.5) is 0 Å². The summed E-state index contributed by atoms with van der Waals surface area (Å²) in [4.78, 5) is 14.6. The monoisotopic (exact) mass is 411 g/mol. The first kappa shape index (κ1) is 22.9. The molecule has 2 aliphatic rings. The van der Waals surface area contributed by atoms with Crippen LogP contribution in [0.15, 0.2) is 30.3 Å². The summed E-state index contributed by atoms with van der Waals surface area (Å²) in [6.07, 6.45) is 4.46. The number of rotatable bonds is 10. The fourth-order valence-electron chi connectivity index (χ4n) is 3.83. The van der Waals surface area contributed by atoms with Crippen molar-refractivity contribution in [3.8, 4) is 5.75 Å². The highest BCUT2D eigenvalue weighted by Crippen LogP contribution is 2.16. The van der Waals surface area contributed by atoms with E-state index >= 15 is 0 Å². The summed E-state index contributed by atoms with van der Waals surface area (Å²) in [5, 5.41) is 6.40. The van der Waals surface area contributed by atoms with E-state index in [-0.39, 0.29) is 24.4 Å². The van der Waals surface area contributed by atoms with Crippen LogP contribution >= 0.6 is 12.4 Å². The number of nitrogens with zero attached hydrogens (tertiary/aromatic N) is 1. The highest BCUT2D eigenvalue weighted by molar-refractivity contribution is 5.85. The summed E-state index contributed by atoms with van der Waals surface area (Å²) in [6.45, 7) is 6.78. The van der Waals surface area contributed by atoms with Gasteiger partial charge in [-0.25, -0.2) is 0 Å². The molecule has 0 bridgehead atoms. The Kier molecular flexibility index (Phi) is 10.6. The number of hydrogen-bond acceptors (Lipinski definition) is 5. The molecule has 1 aromatic carbocycles. The Hall–Kier alpha value is -1.34. The van der Waals surface area contributed by atoms with Crippen LogP contribution in [0.25, 0.3) is 0 Å². The third-order valence-corrected chi connectivity index (χ3v) is 5.34. The highest BCUT2D eigenvalue weighted by atomic mass is 35.5. The molecule has 2 heterocycles. The van der Waals surface area contributed by atoms with Crippen molar-refractivity contribution >= 4 is 18.3 Å². The van der Waals surface area contributed by atoms with Crippen molar-refractivity contribution in [2.45, 2.75) is 31.7 Å². The lowest BCUT2D eigenvalue weighted by Gasteiger charge is -2.32. The van der Waals surface area contributed by atoms with Crippen LogP contribution in [0.2, 0.25) is 0 Å². The Morgan fingerprint density at radius 2 is 2.00 bits per heavy atom. The van der Waals surface area contributed by atoms with Gasteiger partial charge in [-0.15, -0.1) is 12.4 Å². The molecule has 0 spiro atoms. The molecule has 158 valence electrons. The first-order valence-corrected chi connectivity index (χ1v) is 10.3. The van der Waals surface area contributed by atoms with Gasteiger partial charge in [-0.2, -0.15) is 0 Å². The van der Waals surface area contributed by atoms with Gasteiger partial charge in [0.05, 0.1) is 19.3 Å². The number of likely N-dealkylation sites (tertiary alicyclic amines) is 1. The maximum atomic E-state index is 12.1. The van der Waals surface area contributed by atoms with E-state index in [0.29, 0.717) is 19.1 Å². The van der Waals surface area contributed by atoms with Crippen molar-refractivity contribution < 1.29 is 14.3 Å². The Labute approximate surface area is 174 Å². The molecule has 1 aromatic rings. The van der Waals surface area contributed by atoms with Crippen molar-refractivity contribution in [1.82, 2.24) is 15.5 Å². The lowest BCUT2D eigenvalue weighted by Crippen LogP contribution is -2.46. The third-order valence-electron chi connectivity index (χ3n) is 5.34. The van der Waals surface area contributed by atoms with Crippen LogP contribution in [0.3, 0.4) is 0 Å². The molecule has 0 saturated carbocycles. The molecule has 2 unspecified atom stereocenters. The molecule has 0 aromatic heterocycles. The topological polar surface area (TPSA) is 62.8 Å². The van der Waals surface area contributed by atoms with Crippen LogP contribution in [0.1, 0.15) is 25.7 Å². The molecule has 2 N–H and O–H groups in total. The van der Waals surface area contributed by atoms with Gasteiger partial charge in [0.2, 0.25) is 5.91 Å². The SMILES string of the molecule is Cl.O=C(NCC1CCCN(CCOCCOc2ccccc2)C1)C1CCCN1. The van der Waals surface area contributed by atoms with E-state index in [2.05, 4.69) is 15.5 Å². The number of halogens is 1. The summed E-state index contributed by atoms with van der Waals surface area (Å²) >= 11 is 0. The number of carbonyl (C=O) groups is 1. The zero-order valence-electron chi connectivity index (χ0n) is 16.6. The Bertz CT molecular complexity index is 555. The van der Waals surface area contributed by atoms with E-state index in [1.165, 1.54) is 12.8 Å². The van der Waals surface area contributed by atoms with Crippen molar-refractivity contribution in [3.63, 3.8) is 0 Å². The zero-order chi connectivity index (χ0) is 18.7. The molecule has 2 atom stereocenters. The van der Waals surface area contributed by atoms with Gasteiger partial charge in [-0.1, -0.05) is 18.2 Å². The molecule has 0 radical (unpaired) electrons.